The van der Waals surface area contributed by atoms with E-state index < -0.39 is 11.7 Å². The zero-order valence-corrected chi connectivity index (χ0v) is 8.11. The molecule has 0 aliphatic rings. The summed E-state index contributed by atoms with van der Waals surface area (Å²) >= 11 is 2.85. The molecule has 1 aromatic carbocycles. The Morgan fingerprint density at radius 3 is 2.31 bits per heavy atom. The van der Waals surface area contributed by atoms with Crippen LogP contribution in [-0.2, 0) is 12.7 Å². The lowest BCUT2D eigenvalue weighted by Crippen LogP contribution is -2.07. The second kappa shape index (κ2) is 3.67. The molecule has 5 heteroatoms. The van der Waals surface area contributed by atoms with Gasteiger partial charge in [0.05, 0.1) is 5.56 Å². The summed E-state index contributed by atoms with van der Waals surface area (Å²) in [6.45, 7) is 0.233. The van der Waals surface area contributed by atoms with E-state index in [-0.39, 0.29) is 11.0 Å². The van der Waals surface area contributed by atoms with Crippen molar-refractivity contribution in [3.63, 3.8) is 0 Å². The van der Waals surface area contributed by atoms with Gasteiger partial charge in [-0.1, -0.05) is 22.0 Å². The second-order valence-electron chi connectivity index (χ2n) is 2.52. The standard InChI is InChI=1S/C8H7BrF3N/c9-7-3-5(4-13)1-2-6(7)8(10,11)12/h1-3H,4,13H2. The minimum absolute atomic E-state index is 0.0305. The van der Waals surface area contributed by atoms with Gasteiger partial charge in [0.25, 0.3) is 0 Å². The maximum atomic E-state index is 12.2. The quantitative estimate of drug-likeness (QED) is 0.819. The van der Waals surface area contributed by atoms with Crippen molar-refractivity contribution < 1.29 is 13.2 Å². The fraction of sp³-hybridized carbons (Fsp3) is 0.250. The average molecular weight is 254 g/mol. The number of hydrogen-bond acceptors (Lipinski definition) is 1. The van der Waals surface area contributed by atoms with Gasteiger partial charge in [0.1, 0.15) is 0 Å². The molecule has 13 heavy (non-hydrogen) atoms. The topological polar surface area (TPSA) is 26.0 Å². The van der Waals surface area contributed by atoms with Crippen LogP contribution in [-0.4, -0.2) is 0 Å². The van der Waals surface area contributed by atoms with Gasteiger partial charge in [-0.3, -0.25) is 0 Å². The van der Waals surface area contributed by atoms with Crippen molar-refractivity contribution in [2.45, 2.75) is 12.7 Å². The summed E-state index contributed by atoms with van der Waals surface area (Å²) in [6.07, 6.45) is -4.31. The van der Waals surface area contributed by atoms with Gasteiger partial charge in [-0.15, -0.1) is 0 Å². The predicted molar refractivity (Wildman–Crippen MR) is 47.0 cm³/mol. The van der Waals surface area contributed by atoms with Crippen LogP contribution in [0.4, 0.5) is 13.2 Å². The van der Waals surface area contributed by atoms with Crippen LogP contribution in [0.1, 0.15) is 11.1 Å². The summed E-state index contributed by atoms with van der Waals surface area (Å²) in [7, 11) is 0. The highest BCUT2D eigenvalue weighted by molar-refractivity contribution is 9.10. The van der Waals surface area contributed by atoms with E-state index in [1.165, 1.54) is 12.1 Å². The van der Waals surface area contributed by atoms with Gasteiger partial charge in [0.15, 0.2) is 0 Å². The molecule has 0 fully saturated rings. The van der Waals surface area contributed by atoms with Gasteiger partial charge in [-0.25, -0.2) is 0 Å². The van der Waals surface area contributed by atoms with E-state index in [1.807, 2.05) is 0 Å². The average Bonchev–Trinajstić information content (AvgIpc) is 2.01. The number of hydrogen-bond donors (Lipinski definition) is 1. The zero-order valence-electron chi connectivity index (χ0n) is 6.53. The van der Waals surface area contributed by atoms with E-state index in [1.54, 1.807) is 0 Å². The normalized spacial score (nSPS) is 11.8. The lowest BCUT2D eigenvalue weighted by molar-refractivity contribution is -0.138. The highest BCUT2D eigenvalue weighted by Gasteiger charge is 2.32. The predicted octanol–water partition coefficient (Wildman–Crippen LogP) is 2.93. The molecule has 0 aromatic heterocycles. The van der Waals surface area contributed by atoms with E-state index >= 15 is 0 Å². The Morgan fingerprint density at radius 1 is 1.31 bits per heavy atom. The summed E-state index contributed by atoms with van der Waals surface area (Å²) in [4.78, 5) is 0. The third kappa shape index (κ3) is 2.45. The summed E-state index contributed by atoms with van der Waals surface area (Å²) in [5.41, 5.74) is 5.27. The van der Waals surface area contributed by atoms with Crippen LogP contribution < -0.4 is 5.73 Å². The summed E-state index contributed by atoms with van der Waals surface area (Å²) < 4.78 is 36.7. The molecule has 0 aliphatic carbocycles. The van der Waals surface area contributed by atoms with Crippen LogP contribution in [0.25, 0.3) is 0 Å². The maximum Gasteiger partial charge on any atom is 0.417 e. The van der Waals surface area contributed by atoms with Gasteiger partial charge >= 0.3 is 6.18 Å². The molecule has 2 N–H and O–H groups in total. The third-order valence-electron chi connectivity index (χ3n) is 1.57. The molecular weight excluding hydrogens is 247 g/mol. The first-order valence-corrected chi connectivity index (χ1v) is 4.30. The fourth-order valence-corrected chi connectivity index (χ4v) is 1.57. The molecule has 0 bridgehead atoms. The molecule has 1 nitrogen and oxygen atoms in total. The van der Waals surface area contributed by atoms with Crippen LogP contribution in [0.3, 0.4) is 0 Å². The highest BCUT2D eigenvalue weighted by Crippen LogP contribution is 2.34. The fourth-order valence-electron chi connectivity index (χ4n) is 0.915. The van der Waals surface area contributed by atoms with E-state index in [2.05, 4.69) is 15.9 Å². The number of nitrogens with two attached hydrogens (primary N) is 1. The Labute approximate surface area is 81.9 Å². The molecule has 0 radical (unpaired) electrons. The van der Waals surface area contributed by atoms with E-state index in [4.69, 9.17) is 5.73 Å². The molecule has 0 spiro atoms. The molecule has 72 valence electrons. The Morgan fingerprint density at radius 2 is 1.92 bits per heavy atom. The van der Waals surface area contributed by atoms with Crippen molar-refractivity contribution in [2.24, 2.45) is 5.73 Å². The number of benzene rings is 1. The van der Waals surface area contributed by atoms with Gasteiger partial charge < -0.3 is 5.73 Å². The first-order valence-electron chi connectivity index (χ1n) is 3.51. The maximum absolute atomic E-state index is 12.2. The van der Waals surface area contributed by atoms with Crippen molar-refractivity contribution >= 4 is 15.9 Å². The highest BCUT2D eigenvalue weighted by atomic mass is 79.9. The van der Waals surface area contributed by atoms with Crippen LogP contribution in [0, 0.1) is 0 Å². The smallest absolute Gasteiger partial charge is 0.326 e. The van der Waals surface area contributed by atoms with Crippen molar-refractivity contribution in [3.05, 3.63) is 33.8 Å². The molecule has 0 saturated heterocycles. The Kier molecular flexibility index (Phi) is 2.98. The first-order chi connectivity index (χ1) is 5.95. The summed E-state index contributed by atoms with van der Waals surface area (Å²) in [5.74, 6) is 0. The Balaban J connectivity index is 3.13. The van der Waals surface area contributed by atoms with Crippen molar-refractivity contribution in [1.29, 1.82) is 0 Å². The number of halogens is 4. The molecule has 0 aliphatic heterocycles. The van der Waals surface area contributed by atoms with Crippen LogP contribution in [0.5, 0.6) is 0 Å². The lowest BCUT2D eigenvalue weighted by atomic mass is 10.1. The Hall–Kier alpha value is -0.550. The van der Waals surface area contributed by atoms with E-state index in [0.29, 0.717) is 5.56 Å². The van der Waals surface area contributed by atoms with Crippen molar-refractivity contribution in [3.8, 4) is 0 Å². The van der Waals surface area contributed by atoms with Crippen molar-refractivity contribution in [1.82, 2.24) is 0 Å². The van der Waals surface area contributed by atoms with Gasteiger partial charge in [0, 0.05) is 11.0 Å². The van der Waals surface area contributed by atoms with Crippen LogP contribution in [0.2, 0.25) is 0 Å². The molecule has 1 aromatic rings. The van der Waals surface area contributed by atoms with Gasteiger partial charge in [-0.05, 0) is 17.7 Å². The van der Waals surface area contributed by atoms with Crippen molar-refractivity contribution in [2.75, 3.05) is 0 Å². The summed E-state index contributed by atoms with van der Waals surface area (Å²) in [5, 5.41) is 0. The molecule has 0 atom stereocenters. The van der Waals surface area contributed by atoms with Crippen LogP contribution >= 0.6 is 15.9 Å². The minimum atomic E-state index is -4.31. The van der Waals surface area contributed by atoms with Crippen LogP contribution in [0.15, 0.2) is 22.7 Å². The van der Waals surface area contributed by atoms with E-state index in [9.17, 15) is 13.2 Å². The minimum Gasteiger partial charge on any atom is -0.326 e. The van der Waals surface area contributed by atoms with E-state index in [0.717, 1.165) is 6.07 Å². The largest absolute Gasteiger partial charge is 0.417 e. The molecule has 1 rings (SSSR count). The molecule has 0 amide bonds. The number of rotatable bonds is 1. The molecule has 0 saturated carbocycles. The molecule has 0 heterocycles. The second-order valence-corrected chi connectivity index (χ2v) is 3.37. The van der Waals surface area contributed by atoms with Gasteiger partial charge in [0.2, 0.25) is 0 Å². The molecule has 0 unspecified atom stereocenters. The lowest BCUT2D eigenvalue weighted by Gasteiger charge is -2.09. The Bertz CT molecular complexity index is 309. The first kappa shape index (κ1) is 10.5. The SMILES string of the molecule is NCc1ccc(C(F)(F)F)c(Br)c1. The number of alkyl halides is 3. The molecular formula is C8H7BrF3N. The monoisotopic (exact) mass is 253 g/mol. The zero-order chi connectivity index (χ0) is 10.1. The summed E-state index contributed by atoms with van der Waals surface area (Å²) in [6, 6.07) is 3.77. The third-order valence-corrected chi connectivity index (χ3v) is 2.23. The van der Waals surface area contributed by atoms with Gasteiger partial charge in [-0.2, -0.15) is 13.2 Å².